The van der Waals surface area contributed by atoms with Crippen molar-refractivity contribution >= 4 is 0 Å². The second kappa shape index (κ2) is 2.48. The highest BCUT2D eigenvalue weighted by atomic mass is 16.3. The van der Waals surface area contributed by atoms with Gasteiger partial charge in [0.25, 0.3) is 0 Å². The second-order valence-corrected chi connectivity index (χ2v) is 2.95. The summed E-state index contributed by atoms with van der Waals surface area (Å²) in [5, 5.41) is 12.9. The predicted octanol–water partition coefficient (Wildman–Crippen LogP) is 1.60. The molecule has 56 valence electrons. The molecular weight excluding hydrogens is 130 g/mol. The van der Waals surface area contributed by atoms with Gasteiger partial charge in [-0.25, -0.2) is 0 Å². The lowest BCUT2D eigenvalue weighted by atomic mass is 10.00. The minimum absolute atomic E-state index is 0.441. The fraction of sp³-hybridized carbons (Fsp3) is 1.00. The van der Waals surface area contributed by atoms with Crippen molar-refractivity contribution in [1.29, 1.82) is 0 Å². The Morgan fingerprint density at radius 3 is 2.90 bits per heavy atom. The van der Waals surface area contributed by atoms with Crippen LogP contribution in [0.3, 0.4) is 0 Å². The van der Waals surface area contributed by atoms with Gasteiger partial charge in [-0.3, -0.25) is 0 Å². The zero-order chi connectivity index (χ0) is 7.61. The number of azide groups is 1. The van der Waals surface area contributed by atoms with Crippen molar-refractivity contribution in [1.82, 2.24) is 0 Å². The Morgan fingerprint density at radius 1 is 1.80 bits per heavy atom. The molecule has 0 bridgehead atoms. The van der Waals surface area contributed by atoms with Crippen molar-refractivity contribution in [2.24, 2.45) is 5.11 Å². The zero-order valence-electron chi connectivity index (χ0n) is 5.99. The third kappa shape index (κ3) is 1.08. The van der Waals surface area contributed by atoms with E-state index in [9.17, 15) is 5.11 Å². The van der Waals surface area contributed by atoms with Gasteiger partial charge in [0.1, 0.15) is 0 Å². The topological polar surface area (TPSA) is 69.0 Å². The summed E-state index contributed by atoms with van der Waals surface area (Å²) >= 11 is 0. The van der Waals surface area contributed by atoms with E-state index in [0.29, 0.717) is 0 Å². The van der Waals surface area contributed by atoms with E-state index in [1.807, 2.05) is 0 Å². The first-order chi connectivity index (χ1) is 4.69. The van der Waals surface area contributed by atoms with E-state index in [2.05, 4.69) is 10.0 Å². The molecule has 2 atom stereocenters. The average Bonchev–Trinajstić information content (AvgIpc) is 2.15. The first-order valence-electron chi connectivity index (χ1n) is 3.43. The zero-order valence-corrected chi connectivity index (χ0v) is 5.99. The van der Waals surface area contributed by atoms with Crippen LogP contribution in [0.4, 0.5) is 0 Å². The average molecular weight is 141 g/mol. The minimum atomic E-state index is -0.533. The van der Waals surface area contributed by atoms with Crippen molar-refractivity contribution in [2.45, 2.75) is 37.8 Å². The van der Waals surface area contributed by atoms with Crippen molar-refractivity contribution in [3.8, 4) is 0 Å². The number of hydrogen-bond acceptors (Lipinski definition) is 2. The first kappa shape index (κ1) is 7.38. The van der Waals surface area contributed by atoms with Crippen LogP contribution in [-0.2, 0) is 0 Å². The van der Waals surface area contributed by atoms with Crippen LogP contribution in [0, 0.1) is 0 Å². The Hall–Kier alpha value is -0.730. The van der Waals surface area contributed by atoms with Crippen LogP contribution < -0.4 is 0 Å². The molecule has 10 heavy (non-hydrogen) atoms. The smallest absolute Gasteiger partial charge is 0.0718 e. The van der Waals surface area contributed by atoms with E-state index in [-0.39, 0.29) is 0 Å². The summed E-state index contributed by atoms with van der Waals surface area (Å²) in [7, 11) is 0. The van der Waals surface area contributed by atoms with E-state index < -0.39 is 11.6 Å². The molecule has 1 saturated carbocycles. The molecule has 4 nitrogen and oxygen atoms in total. The van der Waals surface area contributed by atoms with Crippen LogP contribution in [0.5, 0.6) is 0 Å². The fourth-order valence-corrected chi connectivity index (χ4v) is 1.35. The molecule has 2 unspecified atom stereocenters. The molecule has 0 saturated heterocycles. The number of nitrogens with zero attached hydrogens (tertiary/aromatic N) is 3. The molecule has 1 N–H and O–H groups in total. The number of aliphatic hydroxyl groups excluding tert-OH is 1. The lowest BCUT2D eigenvalue weighted by Crippen LogP contribution is -2.30. The number of aliphatic hydroxyl groups is 1. The third-order valence-electron chi connectivity index (χ3n) is 2.15. The molecule has 4 heteroatoms. The Labute approximate surface area is 59.5 Å². The van der Waals surface area contributed by atoms with E-state index >= 15 is 0 Å². The number of hydrogen-bond donors (Lipinski definition) is 1. The Bertz CT molecular complexity index is 176. The van der Waals surface area contributed by atoms with Crippen LogP contribution in [0.1, 0.15) is 26.2 Å². The van der Waals surface area contributed by atoms with Gasteiger partial charge >= 0.3 is 0 Å². The van der Waals surface area contributed by atoms with Gasteiger partial charge in [-0.05, 0) is 18.4 Å². The summed E-state index contributed by atoms with van der Waals surface area (Å²) in [5.41, 5.74) is 7.62. The quantitative estimate of drug-likeness (QED) is 0.336. The minimum Gasteiger partial charge on any atom is -0.392 e. The van der Waals surface area contributed by atoms with Crippen LogP contribution in [0.25, 0.3) is 10.4 Å². The summed E-state index contributed by atoms with van der Waals surface area (Å²) in [5.74, 6) is 0. The Balaban J connectivity index is 2.74. The summed E-state index contributed by atoms with van der Waals surface area (Å²) in [6.07, 6.45) is 2.08. The molecule has 0 radical (unpaired) electrons. The lowest BCUT2D eigenvalue weighted by Gasteiger charge is -2.20. The Kier molecular flexibility index (Phi) is 1.83. The lowest BCUT2D eigenvalue weighted by molar-refractivity contribution is 0.120. The highest BCUT2D eigenvalue weighted by Crippen LogP contribution is 2.33. The van der Waals surface area contributed by atoms with Gasteiger partial charge < -0.3 is 5.11 Å². The summed E-state index contributed by atoms with van der Waals surface area (Å²) in [4.78, 5) is 2.70. The molecule has 1 aliphatic rings. The molecule has 0 aromatic carbocycles. The molecule has 0 aromatic heterocycles. The molecule has 1 rings (SSSR count). The molecule has 1 fully saturated rings. The maximum atomic E-state index is 9.31. The van der Waals surface area contributed by atoms with Crippen LogP contribution >= 0.6 is 0 Å². The summed E-state index contributed by atoms with van der Waals surface area (Å²) < 4.78 is 0. The molecule has 0 amide bonds. The predicted molar refractivity (Wildman–Crippen MR) is 37.4 cm³/mol. The van der Waals surface area contributed by atoms with Gasteiger partial charge in [0.05, 0.1) is 11.6 Å². The van der Waals surface area contributed by atoms with Crippen molar-refractivity contribution in [3.63, 3.8) is 0 Å². The van der Waals surface area contributed by atoms with Gasteiger partial charge in [0.15, 0.2) is 0 Å². The standard InChI is InChI=1S/C6H11N3O/c1-6(8-9-7)4-2-3-5(6)10/h5,10H,2-4H2,1H3. The van der Waals surface area contributed by atoms with E-state index in [1.54, 1.807) is 6.92 Å². The highest BCUT2D eigenvalue weighted by molar-refractivity contribution is 4.95. The van der Waals surface area contributed by atoms with Crippen LogP contribution in [-0.4, -0.2) is 16.7 Å². The van der Waals surface area contributed by atoms with Crippen LogP contribution in [0.15, 0.2) is 5.11 Å². The summed E-state index contributed by atoms with van der Waals surface area (Å²) in [6, 6.07) is 0. The van der Waals surface area contributed by atoms with Gasteiger partial charge in [-0.15, -0.1) is 0 Å². The monoisotopic (exact) mass is 141 g/mol. The van der Waals surface area contributed by atoms with Gasteiger partial charge in [-0.2, -0.15) is 0 Å². The molecule has 0 aromatic rings. The highest BCUT2D eigenvalue weighted by Gasteiger charge is 2.36. The second-order valence-electron chi connectivity index (χ2n) is 2.95. The molecular formula is C6H11N3O. The molecule has 0 spiro atoms. The fourth-order valence-electron chi connectivity index (χ4n) is 1.35. The van der Waals surface area contributed by atoms with Gasteiger partial charge in [0.2, 0.25) is 0 Å². The molecule has 1 aliphatic carbocycles. The molecule has 0 aliphatic heterocycles. The van der Waals surface area contributed by atoms with Crippen LogP contribution in [0.2, 0.25) is 0 Å². The Morgan fingerprint density at radius 2 is 2.50 bits per heavy atom. The molecule has 0 heterocycles. The maximum absolute atomic E-state index is 9.31. The first-order valence-corrected chi connectivity index (χ1v) is 3.43. The van der Waals surface area contributed by atoms with Crippen molar-refractivity contribution < 1.29 is 5.11 Å². The SMILES string of the molecule is CC1(N=[N+]=[N-])CCCC1O. The van der Waals surface area contributed by atoms with Gasteiger partial charge in [-0.1, -0.05) is 18.5 Å². The summed E-state index contributed by atoms with van der Waals surface area (Å²) in [6.45, 7) is 1.80. The normalized spacial score (nSPS) is 39.2. The van der Waals surface area contributed by atoms with Crippen molar-refractivity contribution in [2.75, 3.05) is 0 Å². The van der Waals surface area contributed by atoms with Gasteiger partial charge in [0, 0.05) is 4.91 Å². The van der Waals surface area contributed by atoms with E-state index in [4.69, 9.17) is 5.53 Å². The maximum Gasteiger partial charge on any atom is 0.0718 e. The number of rotatable bonds is 1. The van der Waals surface area contributed by atoms with E-state index in [1.165, 1.54) is 0 Å². The largest absolute Gasteiger partial charge is 0.392 e. The third-order valence-corrected chi connectivity index (χ3v) is 2.15. The van der Waals surface area contributed by atoms with E-state index in [0.717, 1.165) is 19.3 Å². The van der Waals surface area contributed by atoms with Crippen molar-refractivity contribution in [3.05, 3.63) is 10.4 Å².